The molecule has 1 saturated carbocycles. The lowest BCUT2D eigenvalue weighted by Crippen LogP contribution is -2.36. The molecule has 0 atom stereocenters. The lowest BCUT2D eigenvalue weighted by molar-refractivity contribution is -0.119. The van der Waals surface area contributed by atoms with Crippen molar-refractivity contribution in [2.24, 2.45) is 0 Å². The van der Waals surface area contributed by atoms with E-state index in [1.54, 1.807) is 12.1 Å². The van der Waals surface area contributed by atoms with E-state index < -0.39 is 0 Å². The second-order valence-electron chi connectivity index (χ2n) is 6.28. The van der Waals surface area contributed by atoms with Crippen LogP contribution in [0.1, 0.15) is 44.9 Å². The number of thioether (sulfide) groups is 1. The first kappa shape index (κ1) is 18.3. The Balaban J connectivity index is 1.48. The highest BCUT2D eigenvalue weighted by Crippen LogP contribution is 2.24. The van der Waals surface area contributed by atoms with Gasteiger partial charge in [-0.2, -0.15) is 0 Å². The van der Waals surface area contributed by atoms with E-state index in [-0.39, 0.29) is 5.91 Å². The lowest BCUT2D eigenvalue weighted by Gasteiger charge is -2.20. The van der Waals surface area contributed by atoms with Crippen LogP contribution in [0.25, 0.3) is 11.5 Å². The first-order chi connectivity index (χ1) is 12.2. The van der Waals surface area contributed by atoms with Gasteiger partial charge in [0.1, 0.15) is 0 Å². The fourth-order valence-electron chi connectivity index (χ4n) is 2.97. The van der Waals surface area contributed by atoms with E-state index in [2.05, 4.69) is 15.5 Å². The normalized spacial score (nSPS) is 16.2. The summed E-state index contributed by atoms with van der Waals surface area (Å²) in [6.07, 6.45) is 8.44. The quantitative estimate of drug-likeness (QED) is 0.762. The largest absolute Gasteiger partial charge is 0.411 e. The van der Waals surface area contributed by atoms with Gasteiger partial charge >= 0.3 is 0 Å². The maximum atomic E-state index is 12.2. The molecule has 0 unspecified atom stereocenters. The summed E-state index contributed by atoms with van der Waals surface area (Å²) in [5, 5.41) is 12.2. The molecule has 1 amide bonds. The fourth-order valence-corrected chi connectivity index (χ4v) is 3.67. The molecule has 0 spiro atoms. The molecule has 1 aromatic carbocycles. The number of nitrogens with one attached hydrogen (secondary N) is 1. The van der Waals surface area contributed by atoms with Crippen molar-refractivity contribution in [2.75, 3.05) is 5.75 Å². The number of amides is 1. The van der Waals surface area contributed by atoms with Crippen molar-refractivity contribution in [1.82, 2.24) is 15.5 Å². The Kier molecular flexibility index (Phi) is 6.76. The molecule has 1 aliphatic carbocycles. The second-order valence-corrected chi connectivity index (χ2v) is 7.64. The molecule has 0 saturated heterocycles. The Morgan fingerprint density at radius 2 is 1.80 bits per heavy atom. The minimum absolute atomic E-state index is 0.0295. The van der Waals surface area contributed by atoms with Crippen LogP contribution in [-0.4, -0.2) is 27.9 Å². The van der Waals surface area contributed by atoms with Crippen molar-refractivity contribution in [1.29, 1.82) is 0 Å². The number of benzene rings is 1. The first-order valence-corrected chi connectivity index (χ1v) is 10.1. The highest BCUT2D eigenvalue weighted by molar-refractivity contribution is 7.99. The summed E-state index contributed by atoms with van der Waals surface area (Å²) < 4.78 is 5.60. The van der Waals surface area contributed by atoms with Crippen LogP contribution in [-0.2, 0) is 4.79 Å². The summed E-state index contributed by atoms with van der Waals surface area (Å²) in [4.78, 5) is 12.2. The molecule has 25 heavy (non-hydrogen) atoms. The van der Waals surface area contributed by atoms with Crippen molar-refractivity contribution in [2.45, 2.75) is 56.2 Å². The average molecular weight is 380 g/mol. The monoisotopic (exact) mass is 379 g/mol. The van der Waals surface area contributed by atoms with Crippen molar-refractivity contribution in [3.05, 3.63) is 29.3 Å². The van der Waals surface area contributed by atoms with E-state index in [0.29, 0.717) is 27.9 Å². The maximum absolute atomic E-state index is 12.2. The number of hydrogen-bond acceptors (Lipinski definition) is 5. The zero-order valence-corrected chi connectivity index (χ0v) is 15.6. The van der Waals surface area contributed by atoms with E-state index in [9.17, 15) is 4.79 Å². The smallest absolute Gasteiger partial charge is 0.277 e. The standard InChI is InChI=1S/C18H22ClN3O2S/c19-14-10-8-13(9-11-14)17-21-22-18(24-17)25-12-16(23)20-15-6-4-2-1-3-5-7-15/h8-11,15H,1-7,12H2,(H,20,23). The lowest BCUT2D eigenvalue weighted by atomic mass is 9.97. The van der Waals surface area contributed by atoms with Crippen LogP contribution in [0.2, 0.25) is 5.02 Å². The van der Waals surface area contributed by atoms with Gasteiger partial charge in [-0.3, -0.25) is 4.79 Å². The number of nitrogens with zero attached hydrogens (tertiary/aromatic N) is 2. The van der Waals surface area contributed by atoms with Crippen LogP contribution in [0.5, 0.6) is 0 Å². The molecule has 1 aromatic heterocycles. The first-order valence-electron chi connectivity index (χ1n) is 8.72. The molecule has 3 rings (SSSR count). The number of aromatic nitrogens is 2. The third-order valence-electron chi connectivity index (χ3n) is 4.29. The predicted molar refractivity (Wildman–Crippen MR) is 99.7 cm³/mol. The van der Waals surface area contributed by atoms with Crippen LogP contribution < -0.4 is 5.32 Å². The summed E-state index contributed by atoms with van der Waals surface area (Å²) in [7, 11) is 0. The molecular formula is C18H22ClN3O2S. The summed E-state index contributed by atoms with van der Waals surface area (Å²) in [5.74, 6) is 0.750. The Hall–Kier alpha value is -1.53. The minimum atomic E-state index is 0.0295. The third kappa shape index (κ3) is 5.75. The van der Waals surface area contributed by atoms with Crippen LogP contribution in [0.4, 0.5) is 0 Å². The van der Waals surface area contributed by atoms with E-state index >= 15 is 0 Å². The number of halogens is 1. The van der Waals surface area contributed by atoms with Gasteiger partial charge in [0.05, 0.1) is 5.75 Å². The molecule has 1 N–H and O–H groups in total. The highest BCUT2D eigenvalue weighted by atomic mass is 35.5. The van der Waals surface area contributed by atoms with Gasteiger partial charge in [0.25, 0.3) is 5.22 Å². The molecule has 0 aliphatic heterocycles. The molecule has 1 aliphatic rings. The zero-order valence-electron chi connectivity index (χ0n) is 14.0. The fraction of sp³-hybridized carbons (Fsp3) is 0.500. The van der Waals surface area contributed by atoms with Crippen molar-refractivity contribution in [3.63, 3.8) is 0 Å². The van der Waals surface area contributed by atoms with Crippen LogP contribution >= 0.6 is 23.4 Å². The zero-order chi connectivity index (χ0) is 17.5. The molecule has 1 heterocycles. The van der Waals surface area contributed by atoms with E-state index in [1.807, 2.05) is 12.1 Å². The Bertz CT molecular complexity index is 682. The summed E-state index contributed by atoms with van der Waals surface area (Å²) >= 11 is 7.14. The van der Waals surface area contributed by atoms with Crippen LogP contribution in [0, 0.1) is 0 Å². The highest BCUT2D eigenvalue weighted by Gasteiger charge is 2.16. The van der Waals surface area contributed by atoms with Crippen LogP contribution in [0.15, 0.2) is 33.9 Å². The Morgan fingerprint density at radius 1 is 1.12 bits per heavy atom. The van der Waals surface area contributed by atoms with Gasteiger partial charge in [-0.25, -0.2) is 0 Å². The van der Waals surface area contributed by atoms with E-state index in [0.717, 1.165) is 18.4 Å². The summed E-state index contributed by atoms with van der Waals surface area (Å²) in [6, 6.07) is 7.50. The van der Waals surface area contributed by atoms with Crippen molar-refractivity contribution < 1.29 is 9.21 Å². The molecule has 5 nitrogen and oxygen atoms in total. The molecule has 134 valence electrons. The molecule has 7 heteroatoms. The van der Waals surface area contributed by atoms with Gasteiger partial charge in [0.2, 0.25) is 11.8 Å². The molecule has 2 aromatic rings. The predicted octanol–water partition coefficient (Wildman–Crippen LogP) is 4.71. The third-order valence-corrected chi connectivity index (χ3v) is 5.37. The van der Waals surface area contributed by atoms with E-state index in [4.69, 9.17) is 16.0 Å². The van der Waals surface area contributed by atoms with Gasteiger partial charge in [-0.05, 0) is 37.1 Å². The molecule has 0 radical (unpaired) electrons. The Labute approximate surface area is 156 Å². The second kappa shape index (κ2) is 9.25. The van der Waals surface area contributed by atoms with Gasteiger partial charge < -0.3 is 9.73 Å². The van der Waals surface area contributed by atoms with Gasteiger partial charge in [0, 0.05) is 16.6 Å². The van der Waals surface area contributed by atoms with Gasteiger partial charge in [-0.15, -0.1) is 10.2 Å². The average Bonchev–Trinajstić information content (AvgIpc) is 3.05. The molecule has 1 fully saturated rings. The van der Waals surface area contributed by atoms with Gasteiger partial charge in [-0.1, -0.05) is 55.5 Å². The van der Waals surface area contributed by atoms with Crippen molar-refractivity contribution >= 4 is 29.3 Å². The summed E-state index contributed by atoms with van der Waals surface area (Å²) in [5.41, 5.74) is 0.808. The number of carbonyl (C=O) groups excluding carboxylic acids is 1. The van der Waals surface area contributed by atoms with E-state index in [1.165, 1.54) is 43.9 Å². The Morgan fingerprint density at radius 3 is 2.52 bits per heavy atom. The number of rotatable bonds is 5. The number of carbonyl (C=O) groups is 1. The van der Waals surface area contributed by atoms with Gasteiger partial charge in [0.15, 0.2) is 0 Å². The number of hydrogen-bond donors (Lipinski definition) is 1. The van der Waals surface area contributed by atoms with Crippen molar-refractivity contribution in [3.8, 4) is 11.5 Å². The minimum Gasteiger partial charge on any atom is -0.411 e. The maximum Gasteiger partial charge on any atom is 0.277 e. The van der Waals surface area contributed by atoms with Crippen LogP contribution in [0.3, 0.4) is 0 Å². The summed E-state index contributed by atoms with van der Waals surface area (Å²) in [6.45, 7) is 0. The SMILES string of the molecule is O=C(CSc1nnc(-c2ccc(Cl)cc2)o1)NC1CCCCCCC1. The topological polar surface area (TPSA) is 68.0 Å². The molecular weight excluding hydrogens is 358 g/mol. The molecule has 0 bridgehead atoms.